The lowest BCUT2D eigenvalue weighted by Crippen LogP contribution is -2.29. The molecule has 20 heavy (non-hydrogen) atoms. The summed E-state index contributed by atoms with van der Waals surface area (Å²) in [6.07, 6.45) is 6.49. The molecular formula is C18H20O2. The first kappa shape index (κ1) is 11.4. The van der Waals surface area contributed by atoms with Gasteiger partial charge < -0.3 is 4.74 Å². The number of benzene rings is 1. The fourth-order valence-corrected chi connectivity index (χ4v) is 6.38. The van der Waals surface area contributed by atoms with Crippen molar-refractivity contribution in [2.45, 2.75) is 37.5 Å². The second-order valence-electron chi connectivity index (χ2n) is 7.30. The summed E-state index contributed by atoms with van der Waals surface area (Å²) in [6, 6.07) is 11.0. The Morgan fingerprint density at radius 2 is 1.90 bits per heavy atom. The molecule has 1 saturated heterocycles. The molecule has 1 aromatic rings. The minimum atomic E-state index is 0.0987. The highest BCUT2D eigenvalue weighted by Crippen LogP contribution is 2.85. The van der Waals surface area contributed by atoms with Gasteiger partial charge in [-0.3, -0.25) is 4.79 Å². The van der Waals surface area contributed by atoms with E-state index < -0.39 is 0 Å². The van der Waals surface area contributed by atoms with Crippen molar-refractivity contribution >= 4 is 5.97 Å². The number of ether oxygens (including phenoxy) is 1. The Balaban J connectivity index is 1.64. The highest BCUT2D eigenvalue weighted by atomic mass is 16.5. The van der Waals surface area contributed by atoms with Gasteiger partial charge >= 0.3 is 5.97 Å². The van der Waals surface area contributed by atoms with Gasteiger partial charge in [-0.15, -0.1) is 0 Å². The molecule has 1 unspecified atom stereocenters. The van der Waals surface area contributed by atoms with Crippen LogP contribution in [0.25, 0.3) is 0 Å². The first-order valence-electron chi connectivity index (χ1n) is 8.02. The van der Waals surface area contributed by atoms with E-state index in [2.05, 4.69) is 30.3 Å². The fraction of sp³-hybridized carbons (Fsp3) is 0.611. The Labute approximate surface area is 119 Å². The SMILES string of the molecule is O=C1OC[C@@H]2CC34CCCC[C@@]3(c3ccccc3)[C@@H]4[C@H]12. The molecule has 4 fully saturated rings. The molecule has 2 heteroatoms. The number of hydrogen-bond donors (Lipinski definition) is 0. The maximum absolute atomic E-state index is 12.2. The average Bonchev–Trinajstić information content (AvgIpc) is 2.72. The van der Waals surface area contributed by atoms with Crippen molar-refractivity contribution in [1.29, 1.82) is 0 Å². The van der Waals surface area contributed by atoms with Crippen LogP contribution in [0.3, 0.4) is 0 Å². The van der Waals surface area contributed by atoms with Gasteiger partial charge in [0.05, 0.1) is 12.5 Å². The maximum atomic E-state index is 12.2. The number of cyclic esters (lactones) is 1. The van der Waals surface area contributed by atoms with E-state index in [0.29, 0.717) is 29.3 Å². The smallest absolute Gasteiger partial charge is 0.309 e. The van der Waals surface area contributed by atoms with Crippen molar-refractivity contribution in [1.82, 2.24) is 0 Å². The van der Waals surface area contributed by atoms with Crippen LogP contribution in [0.4, 0.5) is 0 Å². The Morgan fingerprint density at radius 1 is 1.10 bits per heavy atom. The highest BCUT2D eigenvalue weighted by Gasteiger charge is 2.84. The molecule has 0 radical (unpaired) electrons. The second-order valence-corrected chi connectivity index (χ2v) is 7.30. The topological polar surface area (TPSA) is 26.3 Å². The van der Waals surface area contributed by atoms with Crippen molar-refractivity contribution in [2.75, 3.05) is 6.61 Å². The molecule has 3 saturated carbocycles. The predicted molar refractivity (Wildman–Crippen MR) is 75.1 cm³/mol. The molecule has 2 nitrogen and oxygen atoms in total. The molecule has 104 valence electrons. The molecule has 0 amide bonds. The highest BCUT2D eigenvalue weighted by molar-refractivity contribution is 5.78. The van der Waals surface area contributed by atoms with Gasteiger partial charge in [0.25, 0.3) is 0 Å². The van der Waals surface area contributed by atoms with Gasteiger partial charge in [0.1, 0.15) is 0 Å². The number of rotatable bonds is 1. The van der Waals surface area contributed by atoms with E-state index in [1.54, 1.807) is 0 Å². The van der Waals surface area contributed by atoms with Crippen LogP contribution in [0.15, 0.2) is 30.3 Å². The van der Waals surface area contributed by atoms with E-state index in [4.69, 9.17) is 4.74 Å². The van der Waals surface area contributed by atoms with E-state index in [1.165, 1.54) is 37.7 Å². The van der Waals surface area contributed by atoms with Crippen molar-refractivity contribution < 1.29 is 9.53 Å². The van der Waals surface area contributed by atoms with E-state index in [0.717, 1.165) is 0 Å². The largest absolute Gasteiger partial charge is 0.465 e. The summed E-state index contributed by atoms with van der Waals surface area (Å²) >= 11 is 0. The molecule has 0 N–H and O–H groups in total. The van der Waals surface area contributed by atoms with Crippen LogP contribution in [0.2, 0.25) is 0 Å². The number of carbonyl (C=O) groups is 1. The van der Waals surface area contributed by atoms with Gasteiger partial charge in [-0.05, 0) is 36.2 Å². The molecule has 4 aliphatic rings. The third kappa shape index (κ3) is 1.05. The average molecular weight is 268 g/mol. The molecule has 1 heterocycles. The Kier molecular flexibility index (Phi) is 1.97. The predicted octanol–water partition coefficient (Wildman–Crippen LogP) is 3.31. The minimum absolute atomic E-state index is 0.0987. The molecule has 5 atom stereocenters. The summed E-state index contributed by atoms with van der Waals surface area (Å²) < 4.78 is 5.36. The zero-order valence-electron chi connectivity index (χ0n) is 11.7. The lowest BCUT2D eigenvalue weighted by atomic mass is 9.70. The number of hydrogen-bond acceptors (Lipinski definition) is 2. The lowest BCUT2D eigenvalue weighted by molar-refractivity contribution is -0.142. The molecule has 5 rings (SSSR count). The van der Waals surface area contributed by atoms with Gasteiger partial charge in [-0.1, -0.05) is 43.2 Å². The standard InChI is InChI=1S/C18H20O2/c19-16-14-12(11-20-16)10-17-8-4-5-9-18(17,15(14)17)13-6-2-1-3-7-13/h1-3,6-7,12,14-15H,4-5,8-11H2/t12-,14+,15+,17?,18+/m0/s1. The Hall–Kier alpha value is -1.31. The van der Waals surface area contributed by atoms with Crippen molar-refractivity contribution in [3.63, 3.8) is 0 Å². The third-order valence-corrected chi connectivity index (χ3v) is 6.87. The molecule has 3 aliphatic carbocycles. The molecule has 1 aromatic carbocycles. The van der Waals surface area contributed by atoms with Crippen LogP contribution in [0.1, 0.15) is 37.7 Å². The molecular weight excluding hydrogens is 248 g/mol. The molecule has 0 aromatic heterocycles. The number of carbonyl (C=O) groups excluding carboxylic acids is 1. The number of fused-ring (bicyclic) bond motifs is 3. The zero-order chi connectivity index (χ0) is 13.4. The summed E-state index contributed by atoms with van der Waals surface area (Å²) in [7, 11) is 0. The van der Waals surface area contributed by atoms with Gasteiger partial charge in [0.15, 0.2) is 0 Å². The summed E-state index contributed by atoms with van der Waals surface area (Å²) in [5.41, 5.74) is 2.22. The monoisotopic (exact) mass is 268 g/mol. The van der Waals surface area contributed by atoms with Crippen LogP contribution in [0, 0.1) is 23.2 Å². The first-order chi connectivity index (χ1) is 9.80. The van der Waals surface area contributed by atoms with Gasteiger partial charge in [-0.2, -0.15) is 0 Å². The Bertz CT molecular complexity index is 580. The van der Waals surface area contributed by atoms with Gasteiger partial charge in [0, 0.05) is 11.3 Å². The minimum Gasteiger partial charge on any atom is -0.465 e. The van der Waals surface area contributed by atoms with Crippen LogP contribution >= 0.6 is 0 Å². The Morgan fingerprint density at radius 3 is 2.75 bits per heavy atom. The summed E-state index contributed by atoms with van der Waals surface area (Å²) in [5.74, 6) is 1.39. The fourth-order valence-electron chi connectivity index (χ4n) is 6.38. The summed E-state index contributed by atoms with van der Waals surface area (Å²) in [5, 5.41) is 0. The van der Waals surface area contributed by atoms with E-state index >= 15 is 0 Å². The molecule has 1 spiro atoms. The molecule has 1 aliphatic heterocycles. The maximum Gasteiger partial charge on any atom is 0.309 e. The van der Waals surface area contributed by atoms with Crippen LogP contribution in [-0.4, -0.2) is 12.6 Å². The van der Waals surface area contributed by atoms with Crippen LogP contribution in [-0.2, 0) is 14.9 Å². The number of esters is 1. The molecule has 0 bridgehead atoms. The first-order valence-corrected chi connectivity index (χ1v) is 8.02. The normalized spacial score (nSPS) is 48.2. The van der Waals surface area contributed by atoms with E-state index in [1.807, 2.05) is 0 Å². The van der Waals surface area contributed by atoms with Gasteiger partial charge in [-0.25, -0.2) is 0 Å². The van der Waals surface area contributed by atoms with Crippen LogP contribution < -0.4 is 0 Å². The van der Waals surface area contributed by atoms with Crippen molar-refractivity contribution in [2.24, 2.45) is 23.2 Å². The van der Waals surface area contributed by atoms with Crippen molar-refractivity contribution in [3.8, 4) is 0 Å². The lowest BCUT2D eigenvalue weighted by Gasteiger charge is -2.33. The second kappa shape index (κ2) is 3.47. The van der Waals surface area contributed by atoms with E-state index in [-0.39, 0.29) is 11.9 Å². The zero-order valence-corrected chi connectivity index (χ0v) is 11.7. The quantitative estimate of drug-likeness (QED) is 0.730. The van der Waals surface area contributed by atoms with Crippen molar-refractivity contribution in [3.05, 3.63) is 35.9 Å². The van der Waals surface area contributed by atoms with E-state index in [9.17, 15) is 4.79 Å². The van der Waals surface area contributed by atoms with Gasteiger partial charge in [0.2, 0.25) is 0 Å². The third-order valence-electron chi connectivity index (χ3n) is 6.87. The summed E-state index contributed by atoms with van der Waals surface area (Å²) in [4.78, 5) is 12.2. The van der Waals surface area contributed by atoms with Crippen LogP contribution in [0.5, 0.6) is 0 Å². The summed E-state index contributed by atoms with van der Waals surface area (Å²) in [6.45, 7) is 0.687.